The van der Waals surface area contributed by atoms with E-state index in [2.05, 4.69) is 43.3 Å². The van der Waals surface area contributed by atoms with Crippen molar-refractivity contribution in [3.8, 4) is 0 Å². The van der Waals surface area contributed by atoms with Gasteiger partial charge in [-0.3, -0.25) is 9.59 Å². The van der Waals surface area contributed by atoms with E-state index in [1.165, 1.54) is 16.2 Å². The van der Waals surface area contributed by atoms with Crippen LogP contribution in [-0.4, -0.2) is 33.5 Å². The van der Waals surface area contributed by atoms with Crippen LogP contribution in [0.15, 0.2) is 4.79 Å². The Hall–Kier alpha value is -2.59. The maximum atomic E-state index is 13.4. The molecule has 2 aliphatic rings. The summed E-state index contributed by atoms with van der Waals surface area (Å²) in [6.45, 7) is 10.7. The van der Waals surface area contributed by atoms with Crippen molar-refractivity contribution in [2.24, 2.45) is 17.3 Å². The molecule has 2 aliphatic carbocycles. The number of rotatable bonds is 5. The molecule has 3 heterocycles. The second-order valence-corrected chi connectivity index (χ2v) is 13.6. The van der Waals surface area contributed by atoms with E-state index in [0.29, 0.717) is 32.6 Å². The summed E-state index contributed by atoms with van der Waals surface area (Å²) < 4.78 is 6.44. The zero-order valence-electron chi connectivity index (χ0n) is 22.1. The number of ether oxygens (including phenoxy) is 1. The van der Waals surface area contributed by atoms with Crippen LogP contribution in [-0.2, 0) is 41.8 Å². The van der Waals surface area contributed by atoms with Crippen LogP contribution in [0.2, 0.25) is 0 Å². The summed E-state index contributed by atoms with van der Waals surface area (Å²) in [5.41, 5.74) is 2.43. The minimum absolute atomic E-state index is 0.208. The number of aryl methyl sites for hydroxylation is 1. The fraction of sp³-hybridized carbons (Fsp3) is 0.593. The third-order valence-electron chi connectivity index (χ3n) is 7.70. The predicted molar refractivity (Wildman–Crippen MR) is 147 cm³/mol. The molecular weight excluding hydrogens is 508 g/mol. The van der Waals surface area contributed by atoms with Crippen molar-refractivity contribution in [2.45, 2.75) is 79.7 Å². The lowest BCUT2D eigenvalue weighted by molar-refractivity contribution is -0.117. The normalized spacial score (nSPS) is 19.4. The van der Waals surface area contributed by atoms with Gasteiger partial charge in [-0.05, 0) is 73.8 Å². The first-order chi connectivity index (χ1) is 17.6. The summed E-state index contributed by atoms with van der Waals surface area (Å²) in [4.78, 5) is 42.2. The minimum Gasteiger partial charge on any atom is -0.462 e. The molecule has 0 unspecified atom stereocenters. The number of hydrogen-bond acceptors (Lipinski definition) is 8. The monoisotopic (exact) mass is 542 g/mol. The molecule has 2 atom stereocenters. The van der Waals surface area contributed by atoms with Crippen LogP contribution < -0.4 is 10.9 Å². The molecule has 0 saturated heterocycles. The number of aromatic nitrogens is 3. The van der Waals surface area contributed by atoms with Gasteiger partial charge < -0.3 is 10.1 Å². The van der Waals surface area contributed by atoms with E-state index in [4.69, 9.17) is 4.74 Å². The van der Waals surface area contributed by atoms with Crippen LogP contribution in [0.3, 0.4) is 0 Å². The number of thiophene rings is 2. The molecule has 10 heteroatoms. The molecule has 0 aliphatic heterocycles. The summed E-state index contributed by atoms with van der Waals surface area (Å²) in [6.07, 6.45) is 5.48. The SMILES string of the molecule is CCOC(=O)c1c(NC(=O)Cn2nnc3sc4c(c3c2=O)CC[C@H](C(C)(C)C)C4)sc2c1CC[C@H](C)C2. The van der Waals surface area contributed by atoms with E-state index in [1.54, 1.807) is 18.3 Å². The van der Waals surface area contributed by atoms with Gasteiger partial charge in [-0.15, -0.1) is 27.8 Å². The average molecular weight is 543 g/mol. The molecule has 0 radical (unpaired) electrons. The standard InChI is InChI=1S/C27H34N4O4S2/c1-6-35-26(34)22-17-9-7-14(2)11-18(17)36-23(22)28-20(32)13-31-25(33)21-16-10-8-15(27(3,4)5)12-19(16)37-24(21)29-30-31/h14-15H,6-13H2,1-5H3,(H,28,32)/t14-,15-/m0/s1. The first kappa shape index (κ1) is 26.0. The number of esters is 1. The summed E-state index contributed by atoms with van der Waals surface area (Å²) in [5, 5.41) is 12.4. The van der Waals surface area contributed by atoms with Crippen LogP contribution in [0.5, 0.6) is 0 Å². The molecule has 5 rings (SSSR count). The topological polar surface area (TPSA) is 103 Å². The summed E-state index contributed by atoms with van der Waals surface area (Å²) in [7, 11) is 0. The molecule has 1 N–H and O–H groups in total. The predicted octanol–water partition coefficient (Wildman–Crippen LogP) is 5.01. The molecule has 0 fully saturated rings. The Morgan fingerprint density at radius 3 is 2.57 bits per heavy atom. The van der Waals surface area contributed by atoms with Gasteiger partial charge in [0.15, 0.2) is 4.83 Å². The molecule has 37 heavy (non-hydrogen) atoms. The Kier molecular flexibility index (Phi) is 7.00. The van der Waals surface area contributed by atoms with Crippen molar-refractivity contribution >= 4 is 49.8 Å². The van der Waals surface area contributed by atoms with Gasteiger partial charge >= 0.3 is 5.97 Å². The highest BCUT2D eigenvalue weighted by Gasteiger charge is 2.32. The van der Waals surface area contributed by atoms with Gasteiger partial charge in [-0.2, -0.15) is 0 Å². The van der Waals surface area contributed by atoms with Gasteiger partial charge in [0.1, 0.15) is 11.5 Å². The zero-order valence-corrected chi connectivity index (χ0v) is 23.7. The number of nitrogens with one attached hydrogen (secondary N) is 1. The van der Waals surface area contributed by atoms with Crippen molar-refractivity contribution in [1.29, 1.82) is 0 Å². The number of carbonyl (C=O) groups excluding carboxylic acids is 2. The molecule has 0 aromatic carbocycles. The maximum Gasteiger partial charge on any atom is 0.341 e. The number of nitrogens with zero attached hydrogens (tertiary/aromatic N) is 3. The highest BCUT2D eigenvalue weighted by atomic mass is 32.1. The Morgan fingerprint density at radius 1 is 1.11 bits per heavy atom. The van der Waals surface area contributed by atoms with E-state index in [1.807, 2.05) is 0 Å². The molecule has 0 saturated carbocycles. The molecule has 8 nitrogen and oxygen atoms in total. The fourth-order valence-electron chi connectivity index (χ4n) is 5.53. The van der Waals surface area contributed by atoms with Crippen molar-refractivity contribution in [2.75, 3.05) is 11.9 Å². The molecule has 3 aromatic heterocycles. The summed E-state index contributed by atoms with van der Waals surface area (Å²) in [6, 6.07) is 0. The number of hydrogen-bond donors (Lipinski definition) is 1. The third-order valence-corrected chi connectivity index (χ3v) is 10.0. The number of fused-ring (bicyclic) bond motifs is 4. The van der Waals surface area contributed by atoms with E-state index in [9.17, 15) is 14.4 Å². The van der Waals surface area contributed by atoms with Gasteiger partial charge in [0, 0.05) is 9.75 Å². The quantitative estimate of drug-likeness (QED) is 0.455. The Morgan fingerprint density at radius 2 is 1.84 bits per heavy atom. The molecule has 198 valence electrons. The van der Waals surface area contributed by atoms with Gasteiger partial charge in [-0.1, -0.05) is 32.9 Å². The first-order valence-electron chi connectivity index (χ1n) is 13.1. The molecule has 3 aromatic rings. The van der Waals surface area contributed by atoms with Crippen molar-refractivity contribution < 1.29 is 14.3 Å². The van der Waals surface area contributed by atoms with Crippen LogP contribution in [0.25, 0.3) is 10.2 Å². The Bertz CT molecular complexity index is 1430. The number of carbonyl (C=O) groups is 2. The lowest BCUT2D eigenvalue weighted by atomic mass is 9.72. The second kappa shape index (κ2) is 9.94. The highest BCUT2D eigenvalue weighted by Crippen LogP contribution is 2.42. The Balaban J connectivity index is 1.40. The van der Waals surface area contributed by atoms with Crippen molar-refractivity contribution in [3.63, 3.8) is 0 Å². The fourth-order valence-corrected chi connectivity index (χ4v) is 8.18. The van der Waals surface area contributed by atoms with E-state index >= 15 is 0 Å². The van der Waals surface area contributed by atoms with Crippen molar-refractivity contribution in [3.05, 3.63) is 36.8 Å². The van der Waals surface area contributed by atoms with Crippen LogP contribution in [0.1, 0.15) is 78.7 Å². The smallest absolute Gasteiger partial charge is 0.341 e. The van der Waals surface area contributed by atoms with Crippen LogP contribution in [0, 0.1) is 17.3 Å². The lowest BCUT2D eigenvalue weighted by Crippen LogP contribution is -2.31. The van der Waals surface area contributed by atoms with E-state index in [0.717, 1.165) is 59.2 Å². The highest BCUT2D eigenvalue weighted by molar-refractivity contribution is 7.18. The Labute approximate surface area is 224 Å². The minimum atomic E-state index is -0.415. The lowest BCUT2D eigenvalue weighted by Gasteiger charge is -2.33. The van der Waals surface area contributed by atoms with Gasteiger partial charge in [-0.25, -0.2) is 9.48 Å². The molecular formula is C27H34N4O4S2. The van der Waals surface area contributed by atoms with E-state index in [-0.39, 0.29) is 24.1 Å². The largest absolute Gasteiger partial charge is 0.462 e. The summed E-state index contributed by atoms with van der Waals surface area (Å²) in [5.74, 6) is 0.259. The van der Waals surface area contributed by atoms with Gasteiger partial charge in [0.2, 0.25) is 5.91 Å². The van der Waals surface area contributed by atoms with Crippen LogP contribution in [0.4, 0.5) is 5.00 Å². The third kappa shape index (κ3) is 4.97. The van der Waals surface area contributed by atoms with E-state index < -0.39 is 11.9 Å². The zero-order chi connectivity index (χ0) is 26.5. The van der Waals surface area contributed by atoms with Crippen LogP contribution >= 0.6 is 22.7 Å². The summed E-state index contributed by atoms with van der Waals surface area (Å²) >= 11 is 2.98. The second-order valence-electron chi connectivity index (χ2n) is 11.4. The average Bonchev–Trinajstić information content (AvgIpc) is 3.37. The first-order valence-corrected chi connectivity index (χ1v) is 14.7. The van der Waals surface area contributed by atoms with Crippen molar-refractivity contribution in [1.82, 2.24) is 15.0 Å². The molecule has 1 amide bonds. The number of anilines is 1. The maximum absolute atomic E-state index is 13.4. The molecule has 0 spiro atoms. The molecule has 0 bridgehead atoms. The number of amides is 1. The van der Waals surface area contributed by atoms with Gasteiger partial charge in [0.25, 0.3) is 5.56 Å². The van der Waals surface area contributed by atoms with Gasteiger partial charge in [0.05, 0.1) is 17.6 Å².